The highest BCUT2D eigenvalue weighted by Gasteiger charge is 2.22. The molecule has 0 aliphatic carbocycles. The summed E-state index contributed by atoms with van der Waals surface area (Å²) in [6.07, 6.45) is 0.808. The van der Waals surface area contributed by atoms with E-state index < -0.39 is 10.2 Å². The molecule has 1 N–H and O–H groups in total. The van der Waals surface area contributed by atoms with E-state index in [1.54, 1.807) is 14.1 Å². The van der Waals surface area contributed by atoms with Gasteiger partial charge in [-0.3, -0.25) is 0 Å². The molecule has 0 aromatic rings. The summed E-state index contributed by atoms with van der Waals surface area (Å²) in [6.45, 7) is 7.60. The van der Waals surface area contributed by atoms with Crippen molar-refractivity contribution in [3.8, 4) is 0 Å². The summed E-state index contributed by atoms with van der Waals surface area (Å²) in [4.78, 5) is 0. The molecule has 0 unspecified atom stereocenters. The van der Waals surface area contributed by atoms with Crippen molar-refractivity contribution in [2.45, 2.75) is 20.3 Å². The van der Waals surface area contributed by atoms with E-state index in [0.29, 0.717) is 26.3 Å². The first-order chi connectivity index (χ1) is 8.46. The van der Waals surface area contributed by atoms with Crippen LogP contribution in [-0.4, -0.2) is 70.5 Å². The van der Waals surface area contributed by atoms with Crippen LogP contribution in [0.15, 0.2) is 0 Å². The second-order valence-corrected chi connectivity index (χ2v) is 6.20. The molecule has 0 aromatic heterocycles. The summed E-state index contributed by atoms with van der Waals surface area (Å²) < 4.78 is 32.0. The molecule has 110 valence electrons. The minimum absolute atomic E-state index is 0.383. The lowest BCUT2D eigenvalue weighted by Gasteiger charge is -2.24. The zero-order valence-corrected chi connectivity index (χ0v) is 12.8. The lowest BCUT2D eigenvalue weighted by Crippen LogP contribution is -2.42. The van der Waals surface area contributed by atoms with E-state index in [-0.39, 0.29) is 0 Å². The van der Waals surface area contributed by atoms with Gasteiger partial charge in [-0.2, -0.15) is 17.0 Å². The van der Waals surface area contributed by atoms with Crippen LogP contribution in [0, 0.1) is 0 Å². The summed E-state index contributed by atoms with van der Waals surface area (Å²) >= 11 is 0. The van der Waals surface area contributed by atoms with E-state index in [9.17, 15) is 8.42 Å². The van der Waals surface area contributed by atoms with Crippen molar-refractivity contribution in [2.24, 2.45) is 0 Å². The van der Waals surface area contributed by atoms with Crippen LogP contribution < -0.4 is 5.32 Å². The lowest BCUT2D eigenvalue weighted by molar-refractivity contribution is 0.137. The summed E-state index contributed by atoms with van der Waals surface area (Å²) in [5.74, 6) is 0. The van der Waals surface area contributed by atoms with Crippen LogP contribution in [0.1, 0.15) is 20.3 Å². The lowest BCUT2D eigenvalue weighted by atomic mass is 10.4. The van der Waals surface area contributed by atoms with Crippen molar-refractivity contribution in [1.82, 2.24) is 13.9 Å². The fourth-order valence-electron chi connectivity index (χ4n) is 1.41. The van der Waals surface area contributed by atoms with Crippen molar-refractivity contribution in [3.63, 3.8) is 0 Å². The maximum absolute atomic E-state index is 12.1. The molecule has 0 saturated heterocycles. The van der Waals surface area contributed by atoms with Crippen LogP contribution >= 0.6 is 0 Å². The van der Waals surface area contributed by atoms with Gasteiger partial charge in [0.1, 0.15) is 0 Å². The Morgan fingerprint density at radius 2 is 1.72 bits per heavy atom. The third-order valence-electron chi connectivity index (χ3n) is 2.62. The summed E-state index contributed by atoms with van der Waals surface area (Å²) in [6, 6.07) is 0. The van der Waals surface area contributed by atoms with E-state index in [1.807, 2.05) is 13.8 Å². The van der Waals surface area contributed by atoms with Crippen molar-refractivity contribution in [2.75, 3.05) is 53.5 Å². The molecule has 0 rings (SSSR count). The minimum Gasteiger partial charge on any atom is -0.380 e. The molecular weight excluding hydrogens is 254 g/mol. The number of hydrogen-bond donors (Lipinski definition) is 1. The summed E-state index contributed by atoms with van der Waals surface area (Å²) in [5, 5.41) is 3.17. The van der Waals surface area contributed by atoms with E-state index >= 15 is 0 Å². The third kappa shape index (κ3) is 6.65. The molecule has 6 nitrogen and oxygen atoms in total. The van der Waals surface area contributed by atoms with Gasteiger partial charge in [0.25, 0.3) is 10.2 Å². The molecule has 0 aliphatic heterocycles. The molecule has 0 radical (unpaired) electrons. The second-order valence-electron chi connectivity index (χ2n) is 4.05. The minimum atomic E-state index is -3.35. The Kier molecular flexibility index (Phi) is 9.57. The Bertz CT molecular complexity index is 296. The Hall–Kier alpha value is -0.210. The van der Waals surface area contributed by atoms with Gasteiger partial charge in [0.2, 0.25) is 0 Å². The third-order valence-corrected chi connectivity index (χ3v) is 4.56. The Morgan fingerprint density at radius 1 is 1.11 bits per heavy atom. The van der Waals surface area contributed by atoms with Crippen LogP contribution in [0.3, 0.4) is 0 Å². The quantitative estimate of drug-likeness (QED) is 0.547. The van der Waals surface area contributed by atoms with Gasteiger partial charge >= 0.3 is 0 Å². The van der Waals surface area contributed by atoms with E-state index in [4.69, 9.17) is 4.74 Å². The topological polar surface area (TPSA) is 61.9 Å². The molecule has 0 aliphatic rings. The highest BCUT2D eigenvalue weighted by Crippen LogP contribution is 2.04. The average molecular weight is 281 g/mol. The maximum atomic E-state index is 12.1. The molecule has 0 aromatic carbocycles. The van der Waals surface area contributed by atoms with Gasteiger partial charge in [-0.1, -0.05) is 6.92 Å². The predicted octanol–water partition coefficient (Wildman–Crippen LogP) is 0.131. The largest absolute Gasteiger partial charge is 0.380 e. The molecule has 0 bridgehead atoms. The number of rotatable bonds is 11. The number of nitrogens with one attached hydrogen (secondary N) is 1. The Balaban J connectivity index is 4.08. The van der Waals surface area contributed by atoms with E-state index in [2.05, 4.69) is 5.32 Å². The van der Waals surface area contributed by atoms with Crippen molar-refractivity contribution in [3.05, 3.63) is 0 Å². The Labute approximate surface area is 111 Å². The second kappa shape index (κ2) is 9.69. The molecule has 0 amide bonds. The zero-order valence-electron chi connectivity index (χ0n) is 12.0. The average Bonchev–Trinajstić information content (AvgIpc) is 2.34. The molecule has 0 saturated carbocycles. The number of ether oxygens (including phenoxy) is 1. The van der Waals surface area contributed by atoms with Gasteiger partial charge in [0.05, 0.1) is 6.61 Å². The highest BCUT2D eigenvalue weighted by atomic mass is 32.2. The first-order valence-electron chi connectivity index (χ1n) is 6.42. The van der Waals surface area contributed by atoms with E-state index in [1.165, 1.54) is 8.61 Å². The van der Waals surface area contributed by atoms with Crippen molar-refractivity contribution >= 4 is 10.2 Å². The van der Waals surface area contributed by atoms with Gasteiger partial charge in [0.15, 0.2) is 0 Å². The zero-order chi connectivity index (χ0) is 14.0. The van der Waals surface area contributed by atoms with Crippen molar-refractivity contribution in [1.29, 1.82) is 0 Å². The monoisotopic (exact) mass is 281 g/mol. The van der Waals surface area contributed by atoms with Crippen LogP contribution in [0.2, 0.25) is 0 Å². The smallest absolute Gasteiger partial charge is 0.281 e. The summed E-state index contributed by atoms with van der Waals surface area (Å²) in [7, 11) is -0.160. The number of hydrogen-bond acceptors (Lipinski definition) is 4. The van der Waals surface area contributed by atoms with Crippen LogP contribution in [-0.2, 0) is 14.9 Å². The van der Waals surface area contributed by atoms with Crippen LogP contribution in [0.5, 0.6) is 0 Å². The predicted molar refractivity (Wildman–Crippen MR) is 73.8 cm³/mol. The van der Waals surface area contributed by atoms with E-state index in [0.717, 1.165) is 19.5 Å². The fourth-order valence-corrected chi connectivity index (χ4v) is 2.55. The normalized spacial score (nSPS) is 12.6. The molecule has 0 spiro atoms. The molecular formula is C11H27N3O3S. The fraction of sp³-hybridized carbons (Fsp3) is 1.00. The Morgan fingerprint density at radius 3 is 2.28 bits per heavy atom. The van der Waals surface area contributed by atoms with Gasteiger partial charge in [-0.25, -0.2) is 0 Å². The first kappa shape index (κ1) is 17.8. The number of nitrogens with zero attached hydrogens (tertiary/aromatic N) is 2. The maximum Gasteiger partial charge on any atom is 0.281 e. The van der Waals surface area contributed by atoms with Crippen LogP contribution in [0.25, 0.3) is 0 Å². The molecule has 0 heterocycles. The molecule has 0 atom stereocenters. The van der Waals surface area contributed by atoms with Gasteiger partial charge < -0.3 is 10.1 Å². The standard InChI is InChI=1S/C11H27N3O3S/c1-5-12-8-7-9-13(3)18(15,16)14(4)10-11-17-6-2/h12H,5-11H2,1-4H3. The first-order valence-corrected chi connectivity index (χ1v) is 7.82. The number of likely N-dealkylation sites (N-methyl/N-ethyl adjacent to an activating group) is 1. The van der Waals surface area contributed by atoms with Crippen molar-refractivity contribution < 1.29 is 13.2 Å². The summed E-state index contributed by atoms with van der Waals surface area (Å²) in [5.41, 5.74) is 0. The SMILES string of the molecule is CCNCCCN(C)S(=O)(=O)N(C)CCOCC. The molecule has 0 fully saturated rings. The molecule has 18 heavy (non-hydrogen) atoms. The van der Waals surface area contributed by atoms with Gasteiger partial charge in [-0.05, 0) is 26.4 Å². The van der Waals surface area contributed by atoms with Gasteiger partial charge in [-0.15, -0.1) is 0 Å². The van der Waals surface area contributed by atoms with Crippen LogP contribution in [0.4, 0.5) is 0 Å². The molecule has 7 heteroatoms. The highest BCUT2D eigenvalue weighted by molar-refractivity contribution is 7.86. The van der Waals surface area contributed by atoms with Gasteiger partial charge in [0, 0.05) is 33.8 Å².